The average molecular weight is 311 g/mol. The summed E-state index contributed by atoms with van der Waals surface area (Å²) < 4.78 is 5.27. The van der Waals surface area contributed by atoms with Gasteiger partial charge in [0.05, 0.1) is 12.3 Å². The van der Waals surface area contributed by atoms with Gasteiger partial charge in [0.2, 0.25) is 5.88 Å². The van der Waals surface area contributed by atoms with Crippen LogP contribution in [0, 0.1) is 11.3 Å². The molecule has 118 valence electrons. The topological polar surface area (TPSA) is 114 Å². The van der Waals surface area contributed by atoms with Gasteiger partial charge in [0, 0.05) is 18.9 Å². The maximum absolute atomic E-state index is 12.2. The number of aromatic nitrogens is 2. The first-order chi connectivity index (χ1) is 11.2. The Morgan fingerprint density at radius 1 is 1.52 bits per heavy atom. The smallest absolute Gasteiger partial charge is 0.270 e. The van der Waals surface area contributed by atoms with E-state index >= 15 is 0 Å². The van der Waals surface area contributed by atoms with E-state index in [1.807, 2.05) is 18.2 Å². The number of nitrogen functional groups attached to an aromatic ring is 1. The van der Waals surface area contributed by atoms with Crippen LogP contribution in [-0.4, -0.2) is 29.0 Å². The van der Waals surface area contributed by atoms with E-state index in [-0.39, 0.29) is 28.7 Å². The third-order valence-corrected chi connectivity index (χ3v) is 3.06. The van der Waals surface area contributed by atoms with Gasteiger partial charge in [0.15, 0.2) is 0 Å². The van der Waals surface area contributed by atoms with E-state index < -0.39 is 0 Å². The second-order valence-corrected chi connectivity index (χ2v) is 4.69. The third kappa shape index (κ3) is 4.17. The number of hydrogen-bond acceptors (Lipinski definition) is 6. The fourth-order valence-corrected chi connectivity index (χ4v) is 1.97. The molecule has 0 saturated carbocycles. The van der Waals surface area contributed by atoms with Gasteiger partial charge in [-0.1, -0.05) is 6.07 Å². The van der Waals surface area contributed by atoms with E-state index in [4.69, 9.17) is 15.7 Å². The van der Waals surface area contributed by atoms with Crippen molar-refractivity contribution in [3.05, 3.63) is 47.4 Å². The number of amides is 1. The third-order valence-electron chi connectivity index (χ3n) is 3.06. The van der Waals surface area contributed by atoms with Crippen molar-refractivity contribution in [2.75, 3.05) is 18.9 Å². The van der Waals surface area contributed by atoms with Crippen LogP contribution < -0.4 is 15.8 Å². The second kappa shape index (κ2) is 7.75. The molecule has 0 aliphatic heterocycles. The Bertz CT molecular complexity index is 725. The van der Waals surface area contributed by atoms with Crippen LogP contribution in [0.1, 0.15) is 28.5 Å². The van der Waals surface area contributed by atoms with Gasteiger partial charge in [0.1, 0.15) is 17.3 Å². The molecule has 0 saturated heterocycles. The number of nitriles is 1. The number of nitrogens with two attached hydrogens (primary N) is 1. The maximum Gasteiger partial charge on any atom is 0.270 e. The summed E-state index contributed by atoms with van der Waals surface area (Å²) in [6, 6.07) is 7.08. The zero-order valence-electron chi connectivity index (χ0n) is 12.7. The number of nitrogens with one attached hydrogen (secondary N) is 1. The molecule has 0 fully saturated rings. The molecule has 0 spiro atoms. The maximum atomic E-state index is 12.2. The predicted molar refractivity (Wildman–Crippen MR) is 84.8 cm³/mol. The molecule has 0 aliphatic carbocycles. The highest BCUT2D eigenvalue weighted by Gasteiger charge is 2.16. The second-order valence-electron chi connectivity index (χ2n) is 4.69. The Kier molecular flexibility index (Phi) is 5.47. The first kappa shape index (κ1) is 16.2. The van der Waals surface area contributed by atoms with E-state index in [0.717, 1.165) is 5.56 Å². The molecular weight excluding hydrogens is 294 g/mol. The summed E-state index contributed by atoms with van der Waals surface area (Å²) >= 11 is 0. The van der Waals surface area contributed by atoms with Crippen molar-refractivity contribution in [3.63, 3.8) is 0 Å². The minimum absolute atomic E-state index is 0.0763. The van der Waals surface area contributed by atoms with Crippen molar-refractivity contribution in [1.82, 2.24) is 15.3 Å². The molecule has 0 unspecified atom stereocenters. The lowest BCUT2D eigenvalue weighted by atomic mass is 10.2. The average Bonchev–Trinajstić information content (AvgIpc) is 2.56. The zero-order chi connectivity index (χ0) is 16.7. The van der Waals surface area contributed by atoms with Crippen molar-refractivity contribution in [3.8, 4) is 11.9 Å². The molecule has 7 nitrogen and oxygen atoms in total. The fraction of sp³-hybridized carbons (Fsp3) is 0.250. The molecule has 1 amide bonds. The Hall–Kier alpha value is -3.14. The SMILES string of the molecule is CCOc1nc(C(=O)NCCc2cccnc2)cc(N)c1C#N. The van der Waals surface area contributed by atoms with Crippen molar-refractivity contribution in [2.45, 2.75) is 13.3 Å². The van der Waals surface area contributed by atoms with Crippen LogP contribution in [0.25, 0.3) is 0 Å². The van der Waals surface area contributed by atoms with E-state index in [2.05, 4.69) is 15.3 Å². The van der Waals surface area contributed by atoms with Crippen LogP contribution >= 0.6 is 0 Å². The highest BCUT2D eigenvalue weighted by atomic mass is 16.5. The number of nitrogens with zero attached hydrogens (tertiary/aromatic N) is 3. The van der Waals surface area contributed by atoms with E-state index in [1.54, 1.807) is 19.3 Å². The van der Waals surface area contributed by atoms with Gasteiger partial charge in [-0.05, 0) is 31.0 Å². The number of ether oxygens (including phenoxy) is 1. The Balaban J connectivity index is 2.06. The summed E-state index contributed by atoms with van der Waals surface area (Å²) in [4.78, 5) is 20.2. The molecule has 0 radical (unpaired) electrons. The zero-order valence-corrected chi connectivity index (χ0v) is 12.7. The van der Waals surface area contributed by atoms with E-state index in [0.29, 0.717) is 19.6 Å². The summed E-state index contributed by atoms with van der Waals surface area (Å²) in [5, 5.41) is 11.8. The molecular formula is C16H17N5O2. The number of anilines is 1. The van der Waals surface area contributed by atoms with Crippen molar-refractivity contribution < 1.29 is 9.53 Å². The summed E-state index contributed by atoms with van der Waals surface area (Å²) in [6.45, 7) is 2.53. The molecule has 0 aromatic carbocycles. The molecule has 0 bridgehead atoms. The summed E-state index contributed by atoms with van der Waals surface area (Å²) in [6.07, 6.45) is 4.10. The standard InChI is InChI=1S/C16H17N5O2/c1-2-23-16-12(9-17)13(18)8-14(21-16)15(22)20-7-5-11-4-3-6-19-10-11/h3-4,6,8,10H,2,5,7H2,1H3,(H2,18,21)(H,20,22). The molecule has 0 atom stereocenters. The number of rotatable bonds is 6. The van der Waals surface area contributed by atoms with Gasteiger partial charge in [-0.2, -0.15) is 5.26 Å². The van der Waals surface area contributed by atoms with Crippen LogP contribution in [0.5, 0.6) is 5.88 Å². The van der Waals surface area contributed by atoms with Gasteiger partial charge >= 0.3 is 0 Å². The number of carbonyl (C=O) groups excluding carboxylic acids is 1. The van der Waals surface area contributed by atoms with Gasteiger partial charge in [-0.25, -0.2) is 4.98 Å². The Labute approximate surface area is 134 Å². The highest BCUT2D eigenvalue weighted by Crippen LogP contribution is 2.22. The molecule has 0 aliphatic rings. The van der Waals surface area contributed by atoms with E-state index in [1.165, 1.54) is 6.07 Å². The van der Waals surface area contributed by atoms with Crippen LogP contribution in [-0.2, 0) is 6.42 Å². The fourth-order valence-electron chi connectivity index (χ4n) is 1.97. The minimum atomic E-state index is -0.369. The predicted octanol–water partition coefficient (Wildman–Crippen LogP) is 1.30. The molecule has 23 heavy (non-hydrogen) atoms. The normalized spacial score (nSPS) is 9.91. The molecule has 3 N–H and O–H groups in total. The van der Waals surface area contributed by atoms with Crippen LogP contribution in [0.3, 0.4) is 0 Å². The van der Waals surface area contributed by atoms with Gasteiger partial charge in [-0.15, -0.1) is 0 Å². The molecule has 7 heteroatoms. The number of pyridine rings is 2. The molecule has 2 heterocycles. The van der Waals surface area contributed by atoms with E-state index in [9.17, 15) is 4.79 Å². The highest BCUT2D eigenvalue weighted by molar-refractivity contribution is 5.93. The largest absolute Gasteiger partial charge is 0.477 e. The number of hydrogen-bond donors (Lipinski definition) is 2. The van der Waals surface area contributed by atoms with Crippen molar-refractivity contribution in [1.29, 1.82) is 5.26 Å². The quantitative estimate of drug-likeness (QED) is 0.831. The van der Waals surface area contributed by atoms with Crippen LogP contribution in [0.4, 0.5) is 5.69 Å². The monoisotopic (exact) mass is 311 g/mol. The van der Waals surface area contributed by atoms with Gasteiger partial charge in [-0.3, -0.25) is 9.78 Å². The van der Waals surface area contributed by atoms with Gasteiger partial charge < -0.3 is 15.8 Å². The molecule has 2 aromatic rings. The Morgan fingerprint density at radius 3 is 3.00 bits per heavy atom. The summed E-state index contributed by atoms with van der Waals surface area (Å²) in [7, 11) is 0. The van der Waals surface area contributed by atoms with Crippen molar-refractivity contribution in [2.24, 2.45) is 0 Å². The number of carbonyl (C=O) groups is 1. The van der Waals surface area contributed by atoms with Crippen molar-refractivity contribution >= 4 is 11.6 Å². The van der Waals surface area contributed by atoms with Gasteiger partial charge in [0.25, 0.3) is 5.91 Å². The summed E-state index contributed by atoms with van der Waals surface area (Å²) in [5.74, 6) is -0.293. The first-order valence-corrected chi connectivity index (χ1v) is 7.16. The van der Waals surface area contributed by atoms with Crippen LogP contribution in [0.15, 0.2) is 30.6 Å². The lowest BCUT2D eigenvalue weighted by molar-refractivity contribution is 0.0948. The van der Waals surface area contributed by atoms with Crippen LogP contribution in [0.2, 0.25) is 0 Å². The first-order valence-electron chi connectivity index (χ1n) is 7.16. The molecule has 2 rings (SSSR count). The Morgan fingerprint density at radius 2 is 2.35 bits per heavy atom. The minimum Gasteiger partial charge on any atom is -0.477 e. The lowest BCUT2D eigenvalue weighted by Crippen LogP contribution is -2.27. The molecule has 2 aromatic heterocycles. The summed E-state index contributed by atoms with van der Waals surface area (Å²) in [5.41, 5.74) is 7.24. The lowest BCUT2D eigenvalue weighted by Gasteiger charge is -2.10.